The molecule has 28 heavy (non-hydrogen) atoms. The third-order valence-electron chi connectivity index (χ3n) is 3.87. The van der Waals surface area contributed by atoms with Crippen molar-refractivity contribution < 1.29 is 29.0 Å². The lowest BCUT2D eigenvalue weighted by Gasteiger charge is -2.10. The van der Waals surface area contributed by atoms with Crippen LogP contribution in [-0.4, -0.2) is 29.7 Å². The van der Waals surface area contributed by atoms with Gasteiger partial charge in [0.2, 0.25) is 6.79 Å². The molecule has 144 valence electrons. The summed E-state index contributed by atoms with van der Waals surface area (Å²) < 4.78 is 10.5. The van der Waals surface area contributed by atoms with E-state index >= 15 is 0 Å². The third kappa shape index (κ3) is 4.64. The van der Waals surface area contributed by atoms with E-state index in [-0.39, 0.29) is 12.6 Å². The molecule has 0 bridgehead atoms. The van der Waals surface area contributed by atoms with E-state index in [9.17, 15) is 19.7 Å². The van der Waals surface area contributed by atoms with Crippen molar-refractivity contribution in [1.29, 1.82) is 0 Å². The van der Waals surface area contributed by atoms with Crippen molar-refractivity contribution in [3.63, 3.8) is 0 Å². The molecule has 1 atom stereocenters. The summed E-state index contributed by atoms with van der Waals surface area (Å²) in [4.78, 5) is 38.5. The number of carbonyl (C=O) groups is 2. The van der Waals surface area contributed by atoms with E-state index in [1.807, 2.05) is 6.07 Å². The monoisotopic (exact) mass is 384 g/mol. The van der Waals surface area contributed by atoms with Crippen molar-refractivity contribution in [2.75, 3.05) is 12.1 Å². The van der Waals surface area contributed by atoms with Gasteiger partial charge in [-0.1, -0.05) is 12.1 Å². The number of rotatable bonds is 7. The van der Waals surface area contributed by atoms with Gasteiger partial charge in [0.25, 0.3) is 11.0 Å². The van der Waals surface area contributed by atoms with E-state index in [1.54, 1.807) is 30.3 Å². The summed E-state index contributed by atoms with van der Waals surface area (Å²) in [6.07, 6.45) is 1.84. The van der Waals surface area contributed by atoms with E-state index in [1.165, 1.54) is 25.1 Å². The van der Waals surface area contributed by atoms with Crippen molar-refractivity contribution in [3.05, 3.63) is 69.8 Å². The first kappa shape index (κ1) is 18.9. The fraction of sp³-hybridized carbons (Fsp3) is 0.158. The molecule has 1 unspecified atom stereocenters. The summed E-state index contributed by atoms with van der Waals surface area (Å²) in [5, 5.41) is 11.7. The highest BCUT2D eigenvalue weighted by Gasteiger charge is 2.17. The molecule has 0 aromatic heterocycles. The number of nitrogens with zero attached hydrogens (tertiary/aromatic N) is 1. The lowest BCUT2D eigenvalue weighted by molar-refractivity contribution is -0.763. The number of allylic oxidation sites excluding steroid dienone is 1. The van der Waals surface area contributed by atoms with Crippen molar-refractivity contribution in [2.45, 2.75) is 13.0 Å². The topological polar surface area (TPSA) is 117 Å². The van der Waals surface area contributed by atoms with Crippen LogP contribution < -0.4 is 14.8 Å². The SMILES string of the molecule is CC(O[N+](=O)[O-])C(=O)Nc1ccc(C(=O)/C=C/c2ccc3c(c2)OCO3)cc1. The molecular weight excluding hydrogens is 368 g/mol. The average Bonchev–Trinajstić information content (AvgIpc) is 3.14. The summed E-state index contributed by atoms with van der Waals surface area (Å²) in [5.74, 6) is 0.406. The van der Waals surface area contributed by atoms with Crippen LogP contribution >= 0.6 is 0 Å². The van der Waals surface area contributed by atoms with Crippen LogP contribution in [0, 0.1) is 10.1 Å². The van der Waals surface area contributed by atoms with Crippen molar-refractivity contribution in [2.24, 2.45) is 0 Å². The van der Waals surface area contributed by atoms with Crippen LogP contribution in [0.4, 0.5) is 5.69 Å². The molecule has 0 aliphatic carbocycles. The normalized spacial score (nSPS) is 13.2. The van der Waals surface area contributed by atoms with Gasteiger partial charge in [0.05, 0.1) is 0 Å². The molecule has 2 aromatic rings. The van der Waals surface area contributed by atoms with Crippen LogP contribution in [0.25, 0.3) is 6.08 Å². The number of hydrogen-bond acceptors (Lipinski definition) is 7. The Morgan fingerprint density at radius 3 is 2.61 bits per heavy atom. The molecule has 1 aliphatic heterocycles. The first-order valence-corrected chi connectivity index (χ1v) is 8.26. The number of carbonyl (C=O) groups excluding carboxylic acids is 2. The van der Waals surface area contributed by atoms with Crippen molar-refractivity contribution in [1.82, 2.24) is 0 Å². The minimum Gasteiger partial charge on any atom is -0.454 e. The van der Waals surface area contributed by atoms with Crippen LogP contribution in [0.2, 0.25) is 0 Å². The van der Waals surface area contributed by atoms with Gasteiger partial charge in [-0.3, -0.25) is 9.59 Å². The van der Waals surface area contributed by atoms with Gasteiger partial charge in [0.15, 0.2) is 23.4 Å². The van der Waals surface area contributed by atoms with Crippen molar-refractivity contribution >= 4 is 23.5 Å². The molecule has 9 nitrogen and oxygen atoms in total. The maximum Gasteiger partial charge on any atom is 0.295 e. The first-order chi connectivity index (χ1) is 13.4. The largest absolute Gasteiger partial charge is 0.454 e. The lowest BCUT2D eigenvalue weighted by atomic mass is 10.1. The number of fused-ring (bicyclic) bond motifs is 1. The van der Waals surface area contributed by atoms with Crippen molar-refractivity contribution in [3.8, 4) is 11.5 Å². The van der Waals surface area contributed by atoms with E-state index < -0.39 is 17.1 Å². The second-order valence-electron chi connectivity index (χ2n) is 5.85. The number of hydrogen-bond donors (Lipinski definition) is 1. The number of ketones is 1. The molecule has 1 N–H and O–H groups in total. The van der Waals surface area contributed by atoms with E-state index in [0.29, 0.717) is 22.7 Å². The summed E-state index contributed by atoms with van der Waals surface area (Å²) in [6.45, 7) is 1.44. The van der Waals surface area contributed by atoms with Crippen LogP contribution in [0.3, 0.4) is 0 Å². The number of anilines is 1. The molecule has 0 fully saturated rings. The van der Waals surface area contributed by atoms with Gasteiger partial charge >= 0.3 is 0 Å². The maximum atomic E-state index is 12.3. The minimum atomic E-state index is -1.25. The van der Waals surface area contributed by atoms with Crippen LogP contribution in [0.5, 0.6) is 11.5 Å². The highest BCUT2D eigenvalue weighted by Crippen LogP contribution is 2.32. The van der Waals surface area contributed by atoms with Gasteiger partial charge in [-0.2, -0.15) is 0 Å². The summed E-state index contributed by atoms with van der Waals surface area (Å²) in [5.41, 5.74) is 1.60. The van der Waals surface area contributed by atoms with Crippen LogP contribution in [0.1, 0.15) is 22.8 Å². The molecule has 0 saturated carbocycles. The predicted octanol–water partition coefficient (Wildman–Crippen LogP) is 2.85. The Morgan fingerprint density at radius 2 is 1.89 bits per heavy atom. The second-order valence-corrected chi connectivity index (χ2v) is 5.85. The van der Waals surface area contributed by atoms with Gasteiger partial charge in [-0.05, 0) is 55.0 Å². The lowest BCUT2D eigenvalue weighted by Crippen LogP contribution is -2.29. The minimum absolute atomic E-state index is 0.182. The van der Waals surface area contributed by atoms with Gasteiger partial charge in [-0.25, -0.2) is 0 Å². The Bertz CT molecular complexity index is 938. The molecule has 9 heteroatoms. The summed E-state index contributed by atoms with van der Waals surface area (Å²) in [7, 11) is 0. The van der Waals surface area contributed by atoms with Gasteiger partial charge in [0, 0.05) is 11.3 Å². The fourth-order valence-electron chi connectivity index (χ4n) is 2.42. The zero-order chi connectivity index (χ0) is 20.1. The van der Waals surface area contributed by atoms with E-state index in [0.717, 1.165) is 5.56 Å². The van der Waals surface area contributed by atoms with Crippen LogP contribution in [0.15, 0.2) is 48.5 Å². The molecule has 2 aromatic carbocycles. The summed E-state index contributed by atoms with van der Waals surface area (Å²) >= 11 is 0. The fourth-order valence-corrected chi connectivity index (χ4v) is 2.42. The molecule has 1 heterocycles. The molecule has 1 amide bonds. The van der Waals surface area contributed by atoms with E-state index in [2.05, 4.69) is 10.2 Å². The zero-order valence-corrected chi connectivity index (χ0v) is 14.8. The van der Waals surface area contributed by atoms with Crippen LogP contribution in [-0.2, 0) is 9.63 Å². The molecule has 0 spiro atoms. The first-order valence-electron chi connectivity index (χ1n) is 8.26. The maximum absolute atomic E-state index is 12.3. The molecule has 0 saturated heterocycles. The number of amides is 1. The third-order valence-corrected chi connectivity index (χ3v) is 3.87. The standard InChI is InChI=1S/C19H16N2O7/c1-12(28-21(24)25)19(23)20-15-6-4-14(5-7-15)16(22)8-2-13-3-9-17-18(10-13)27-11-26-17/h2-10,12H,11H2,1H3,(H,20,23)/b8-2+. The number of benzene rings is 2. The van der Waals surface area contributed by atoms with Gasteiger partial charge < -0.3 is 19.6 Å². The highest BCUT2D eigenvalue weighted by atomic mass is 17.0. The van der Waals surface area contributed by atoms with E-state index in [4.69, 9.17) is 9.47 Å². The Balaban J connectivity index is 1.60. The Morgan fingerprint density at radius 1 is 1.18 bits per heavy atom. The predicted molar refractivity (Wildman–Crippen MR) is 98.5 cm³/mol. The molecular formula is C19H16N2O7. The molecule has 1 aliphatic rings. The molecule has 0 radical (unpaired) electrons. The van der Waals surface area contributed by atoms with Gasteiger partial charge in [-0.15, -0.1) is 10.1 Å². The highest BCUT2D eigenvalue weighted by molar-refractivity contribution is 6.07. The average molecular weight is 384 g/mol. The number of nitrogens with one attached hydrogen (secondary N) is 1. The number of ether oxygens (including phenoxy) is 2. The summed E-state index contributed by atoms with van der Waals surface area (Å²) in [6, 6.07) is 11.5. The molecule has 3 rings (SSSR count). The zero-order valence-electron chi connectivity index (χ0n) is 14.8. The van der Waals surface area contributed by atoms with Gasteiger partial charge in [0.1, 0.15) is 0 Å². The Kier molecular flexibility index (Phi) is 5.54. The Labute approximate surface area is 159 Å². The second kappa shape index (κ2) is 8.21. The Hall–Kier alpha value is -3.88. The quantitative estimate of drug-likeness (QED) is 0.338. The smallest absolute Gasteiger partial charge is 0.295 e.